The minimum Gasteiger partial charge on any atom is -0.495 e. The summed E-state index contributed by atoms with van der Waals surface area (Å²) in [4.78, 5) is 34.1. The highest BCUT2D eigenvalue weighted by Gasteiger charge is 2.34. The fourth-order valence-electron chi connectivity index (χ4n) is 3.92. The van der Waals surface area contributed by atoms with E-state index in [2.05, 4.69) is 4.99 Å². The fourth-order valence-corrected chi connectivity index (χ4v) is 5.07. The van der Waals surface area contributed by atoms with Gasteiger partial charge in [0.15, 0.2) is 5.17 Å². The lowest BCUT2D eigenvalue weighted by Gasteiger charge is -2.20. The van der Waals surface area contributed by atoms with Crippen LogP contribution in [-0.4, -0.2) is 36.4 Å². The first kappa shape index (κ1) is 22.3. The maximum absolute atomic E-state index is 13.3. The lowest BCUT2D eigenvalue weighted by molar-refractivity contribution is -0.116. The highest BCUT2D eigenvalue weighted by Crippen LogP contribution is 2.35. The molecule has 0 aliphatic carbocycles. The molecule has 0 radical (unpaired) electrons. The van der Waals surface area contributed by atoms with Crippen LogP contribution in [0.3, 0.4) is 0 Å². The van der Waals surface area contributed by atoms with Crippen LogP contribution < -0.4 is 14.5 Å². The molecular formula is C25H20ClN3O4S. The van der Waals surface area contributed by atoms with E-state index in [0.717, 1.165) is 17.7 Å². The highest BCUT2D eigenvalue weighted by atomic mass is 35.5. The fraction of sp³-hybridized carbons (Fsp3) is 0.160. The number of hydrogen-bond acceptors (Lipinski definition) is 6. The summed E-state index contributed by atoms with van der Waals surface area (Å²) in [6.45, 7) is 0.644. The predicted octanol–water partition coefficient (Wildman–Crippen LogP) is 5.01. The van der Waals surface area contributed by atoms with Crippen LogP contribution in [0.15, 0.2) is 76.0 Å². The number of nitrogens with zero attached hydrogens (tertiary/aromatic N) is 3. The van der Waals surface area contributed by atoms with Crippen LogP contribution >= 0.6 is 23.4 Å². The number of thioether (sulfide) groups is 1. The van der Waals surface area contributed by atoms with Crippen LogP contribution in [-0.2, 0) is 16.0 Å². The zero-order valence-electron chi connectivity index (χ0n) is 18.2. The number of aliphatic imine (C=N–C) groups is 1. The average Bonchev–Trinajstić information content (AvgIpc) is 3.57. The van der Waals surface area contributed by atoms with Gasteiger partial charge in [0.05, 0.1) is 29.8 Å². The van der Waals surface area contributed by atoms with Gasteiger partial charge in [-0.3, -0.25) is 14.5 Å². The Morgan fingerprint density at radius 1 is 1.24 bits per heavy atom. The second kappa shape index (κ2) is 9.40. The minimum absolute atomic E-state index is 0.0405. The molecule has 0 spiro atoms. The van der Waals surface area contributed by atoms with Gasteiger partial charge in [0.2, 0.25) is 5.91 Å². The summed E-state index contributed by atoms with van der Waals surface area (Å²) in [5.74, 6) is 0.767. The maximum Gasteiger partial charge on any atom is 0.283 e. The number of furan rings is 1. The molecule has 0 saturated heterocycles. The van der Waals surface area contributed by atoms with Gasteiger partial charge in [-0.2, -0.15) is 0 Å². The van der Waals surface area contributed by atoms with E-state index in [1.807, 2.05) is 24.3 Å². The third-order valence-corrected chi connectivity index (χ3v) is 6.78. The Bertz CT molecular complexity index is 1320. The van der Waals surface area contributed by atoms with Gasteiger partial charge in [0, 0.05) is 18.3 Å². The first-order chi connectivity index (χ1) is 16.5. The summed E-state index contributed by atoms with van der Waals surface area (Å²) >= 11 is 7.53. The molecule has 34 heavy (non-hydrogen) atoms. The molecule has 2 aromatic carbocycles. The topological polar surface area (TPSA) is 75.3 Å². The normalized spacial score (nSPS) is 16.2. The Labute approximate surface area is 205 Å². The van der Waals surface area contributed by atoms with Crippen molar-refractivity contribution in [2.45, 2.75) is 6.42 Å². The summed E-state index contributed by atoms with van der Waals surface area (Å²) in [6.07, 6.45) is 3.93. The lowest BCUT2D eigenvalue weighted by Crippen LogP contribution is -2.34. The van der Waals surface area contributed by atoms with Crippen LogP contribution in [0.2, 0.25) is 5.02 Å². The number of fused-ring (bicyclic) bond motifs is 1. The van der Waals surface area contributed by atoms with Crippen molar-refractivity contribution in [1.29, 1.82) is 0 Å². The van der Waals surface area contributed by atoms with Crippen molar-refractivity contribution >= 4 is 57.8 Å². The number of carbonyl (C=O) groups excluding carboxylic acids is 2. The summed E-state index contributed by atoms with van der Waals surface area (Å²) in [6, 6.07) is 16.4. The molecule has 0 bridgehead atoms. The van der Waals surface area contributed by atoms with Crippen molar-refractivity contribution in [3.63, 3.8) is 0 Å². The number of halogens is 1. The van der Waals surface area contributed by atoms with E-state index < -0.39 is 0 Å². The number of para-hydroxylation sites is 1. The van der Waals surface area contributed by atoms with Gasteiger partial charge in [-0.05, 0) is 48.4 Å². The number of amidine groups is 1. The zero-order valence-corrected chi connectivity index (χ0v) is 19.8. The molecule has 7 nitrogen and oxygen atoms in total. The van der Waals surface area contributed by atoms with E-state index >= 15 is 0 Å². The SMILES string of the molecule is COc1ccc(N2C(=O)/C(=C\c3ccco3)N=C2SCC(=O)N2CCc3ccccc32)cc1Cl. The number of benzene rings is 2. The Morgan fingerprint density at radius 3 is 2.85 bits per heavy atom. The van der Waals surface area contributed by atoms with Crippen LogP contribution in [0.25, 0.3) is 6.08 Å². The molecule has 2 amide bonds. The smallest absolute Gasteiger partial charge is 0.283 e. The Morgan fingerprint density at radius 2 is 2.09 bits per heavy atom. The minimum atomic E-state index is -0.334. The molecule has 0 unspecified atom stereocenters. The van der Waals surface area contributed by atoms with Gasteiger partial charge >= 0.3 is 0 Å². The molecule has 3 heterocycles. The standard InChI is InChI=1S/C25H20ClN3O4S/c1-32-22-9-8-17(13-19(22)26)29-24(31)20(14-18-6-4-12-33-18)27-25(29)34-15-23(30)28-11-10-16-5-2-3-7-21(16)28/h2-9,12-14H,10-11,15H2,1H3/b20-14+. The van der Waals surface area contributed by atoms with E-state index in [0.29, 0.717) is 33.9 Å². The van der Waals surface area contributed by atoms with Crippen LogP contribution in [0.1, 0.15) is 11.3 Å². The number of methoxy groups -OCH3 is 1. The largest absolute Gasteiger partial charge is 0.495 e. The van der Waals surface area contributed by atoms with Crippen molar-refractivity contribution < 1.29 is 18.7 Å². The van der Waals surface area contributed by atoms with Crippen molar-refractivity contribution in [3.05, 3.63) is 82.9 Å². The van der Waals surface area contributed by atoms with E-state index in [4.69, 9.17) is 20.8 Å². The Kier molecular flexibility index (Phi) is 6.17. The average molecular weight is 494 g/mol. The van der Waals surface area contributed by atoms with E-state index in [1.165, 1.54) is 30.0 Å². The number of carbonyl (C=O) groups is 2. The highest BCUT2D eigenvalue weighted by molar-refractivity contribution is 8.14. The molecule has 9 heteroatoms. The van der Waals surface area contributed by atoms with Crippen molar-refractivity contribution in [1.82, 2.24) is 0 Å². The number of rotatable bonds is 5. The molecule has 1 aromatic heterocycles. The van der Waals surface area contributed by atoms with E-state index in [9.17, 15) is 9.59 Å². The molecule has 2 aliphatic heterocycles. The summed E-state index contributed by atoms with van der Waals surface area (Å²) < 4.78 is 10.6. The number of amides is 2. The molecule has 0 fully saturated rings. The Hall–Kier alpha value is -3.49. The van der Waals surface area contributed by atoms with Gasteiger partial charge in [-0.15, -0.1) is 0 Å². The quantitative estimate of drug-likeness (QED) is 0.467. The first-order valence-corrected chi connectivity index (χ1v) is 11.9. The summed E-state index contributed by atoms with van der Waals surface area (Å²) in [5, 5.41) is 0.759. The van der Waals surface area contributed by atoms with Crippen LogP contribution in [0, 0.1) is 0 Å². The van der Waals surface area contributed by atoms with Crippen LogP contribution in [0.4, 0.5) is 11.4 Å². The molecule has 5 rings (SSSR count). The van der Waals surface area contributed by atoms with E-state index in [1.54, 1.807) is 41.3 Å². The van der Waals surface area contributed by atoms with Gasteiger partial charge in [0.25, 0.3) is 5.91 Å². The van der Waals surface area contributed by atoms with Gasteiger partial charge in [-0.1, -0.05) is 41.6 Å². The van der Waals surface area contributed by atoms with Crippen molar-refractivity contribution in [2.24, 2.45) is 4.99 Å². The number of ether oxygens (including phenoxy) is 1. The van der Waals surface area contributed by atoms with Crippen molar-refractivity contribution in [2.75, 3.05) is 29.2 Å². The molecule has 0 N–H and O–H groups in total. The van der Waals surface area contributed by atoms with E-state index in [-0.39, 0.29) is 23.3 Å². The zero-order chi connectivity index (χ0) is 23.7. The second-order valence-electron chi connectivity index (χ2n) is 7.61. The maximum atomic E-state index is 13.3. The second-order valence-corrected chi connectivity index (χ2v) is 8.96. The summed E-state index contributed by atoms with van der Waals surface area (Å²) in [5.41, 5.74) is 2.84. The third kappa shape index (κ3) is 4.22. The molecule has 0 saturated carbocycles. The predicted molar refractivity (Wildman–Crippen MR) is 135 cm³/mol. The van der Waals surface area contributed by atoms with Crippen LogP contribution in [0.5, 0.6) is 5.75 Å². The molecule has 172 valence electrons. The van der Waals surface area contributed by atoms with Gasteiger partial charge < -0.3 is 14.1 Å². The first-order valence-electron chi connectivity index (χ1n) is 10.6. The lowest BCUT2D eigenvalue weighted by atomic mass is 10.2. The van der Waals surface area contributed by atoms with Crippen molar-refractivity contribution in [3.8, 4) is 5.75 Å². The third-order valence-electron chi connectivity index (χ3n) is 5.56. The van der Waals surface area contributed by atoms with Gasteiger partial charge in [-0.25, -0.2) is 4.99 Å². The molecule has 3 aromatic rings. The molecule has 0 atom stereocenters. The Balaban J connectivity index is 1.41. The molecular weight excluding hydrogens is 474 g/mol. The number of hydrogen-bond donors (Lipinski definition) is 0. The monoisotopic (exact) mass is 493 g/mol. The summed E-state index contributed by atoms with van der Waals surface area (Å²) in [7, 11) is 1.52. The number of anilines is 2. The van der Waals surface area contributed by atoms with Gasteiger partial charge in [0.1, 0.15) is 17.2 Å². The molecule has 2 aliphatic rings.